The highest BCUT2D eigenvalue weighted by Gasteiger charge is 2.22. The van der Waals surface area contributed by atoms with Crippen LogP contribution in [0.2, 0.25) is 0 Å². The van der Waals surface area contributed by atoms with Crippen LogP contribution in [0.4, 0.5) is 5.00 Å². The number of amides is 2. The Morgan fingerprint density at radius 2 is 1.82 bits per heavy atom. The number of methoxy groups -OCH3 is 2. The van der Waals surface area contributed by atoms with E-state index in [0.29, 0.717) is 0 Å². The molecule has 2 amide bonds. The largest absolute Gasteiger partial charge is 0.493 e. The molecular weight excluding hydrogens is 392 g/mol. The summed E-state index contributed by atoms with van der Waals surface area (Å²) in [5.74, 6) is -1.54. The molecule has 0 aliphatic rings. The van der Waals surface area contributed by atoms with Crippen molar-refractivity contribution in [2.75, 3.05) is 32.8 Å². The molecule has 0 saturated carbocycles. The van der Waals surface area contributed by atoms with E-state index in [1.807, 2.05) is 0 Å². The van der Waals surface area contributed by atoms with Crippen LogP contribution in [0.3, 0.4) is 0 Å². The number of carbonyl (C=O) groups is 3. The highest BCUT2D eigenvalue weighted by molar-refractivity contribution is 7.10. The number of nitrogens with two attached hydrogens (primary N) is 1. The predicted octanol–water partition coefficient (Wildman–Crippen LogP) is 0.848. The Kier molecular flexibility index (Phi) is 7.09. The number of carbonyl (C=O) groups excluding carboxylic acids is 3. The molecule has 0 saturated heterocycles. The van der Waals surface area contributed by atoms with E-state index < -0.39 is 24.4 Å². The molecule has 2 rings (SSSR count). The molecule has 0 fully saturated rings. The van der Waals surface area contributed by atoms with Crippen molar-refractivity contribution in [3.63, 3.8) is 0 Å². The SMILES string of the molecule is CCOC(=O)c1nnsc1NC(=O)c1cc(OC)c(OCC(N)=O)c(OC)c1. The zero-order valence-electron chi connectivity index (χ0n) is 15.3. The Hall–Kier alpha value is -3.41. The van der Waals surface area contributed by atoms with Gasteiger partial charge in [-0.2, -0.15) is 0 Å². The van der Waals surface area contributed by atoms with Gasteiger partial charge in [-0.15, -0.1) is 5.10 Å². The average molecular weight is 410 g/mol. The van der Waals surface area contributed by atoms with Crippen LogP contribution in [0.15, 0.2) is 12.1 Å². The molecule has 0 radical (unpaired) electrons. The van der Waals surface area contributed by atoms with Gasteiger partial charge >= 0.3 is 5.97 Å². The van der Waals surface area contributed by atoms with Crippen LogP contribution >= 0.6 is 11.5 Å². The number of nitrogens with zero attached hydrogens (tertiary/aromatic N) is 2. The number of esters is 1. The second-order valence-corrected chi connectivity index (χ2v) is 5.84. The number of rotatable bonds is 9. The van der Waals surface area contributed by atoms with Crippen molar-refractivity contribution in [2.24, 2.45) is 5.73 Å². The van der Waals surface area contributed by atoms with E-state index in [9.17, 15) is 14.4 Å². The summed E-state index contributed by atoms with van der Waals surface area (Å²) >= 11 is 0.829. The summed E-state index contributed by atoms with van der Waals surface area (Å²) in [5.41, 5.74) is 5.12. The molecule has 12 heteroatoms. The molecule has 0 aliphatic carbocycles. The predicted molar refractivity (Wildman–Crippen MR) is 98.1 cm³/mol. The van der Waals surface area contributed by atoms with Crippen molar-refractivity contribution in [1.82, 2.24) is 9.59 Å². The highest BCUT2D eigenvalue weighted by Crippen LogP contribution is 2.38. The van der Waals surface area contributed by atoms with E-state index in [0.717, 1.165) is 11.5 Å². The molecule has 0 spiro atoms. The van der Waals surface area contributed by atoms with Crippen LogP contribution in [-0.2, 0) is 9.53 Å². The van der Waals surface area contributed by atoms with Gasteiger partial charge < -0.3 is 30.0 Å². The molecule has 150 valence electrons. The zero-order valence-corrected chi connectivity index (χ0v) is 16.1. The van der Waals surface area contributed by atoms with Gasteiger partial charge in [-0.1, -0.05) is 4.49 Å². The molecule has 0 bridgehead atoms. The van der Waals surface area contributed by atoms with Crippen LogP contribution in [0.1, 0.15) is 27.8 Å². The van der Waals surface area contributed by atoms with Gasteiger partial charge in [0.1, 0.15) is 0 Å². The minimum atomic E-state index is -0.697. The van der Waals surface area contributed by atoms with E-state index in [1.54, 1.807) is 6.92 Å². The van der Waals surface area contributed by atoms with Gasteiger partial charge in [0.2, 0.25) is 11.4 Å². The van der Waals surface area contributed by atoms with Crippen LogP contribution in [-0.4, -0.2) is 54.8 Å². The number of aromatic nitrogens is 2. The summed E-state index contributed by atoms with van der Waals surface area (Å²) in [5, 5.41) is 6.35. The first-order valence-corrected chi connectivity index (χ1v) is 8.66. The monoisotopic (exact) mass is 410 g/mol. The van der Waals surface area contributed by atoms with Crippen LogP contribution in [0.25, 0.3) is 0 Å². The third kappa shape index (κ3) is 4.85. The third-order valence-electron chi connectivity index (χ3n) is 3.27. The van der Waals surface area contributed by atoms with E-state index in [2.05, 4.69) is 14.9 Å². The first-order valence-electron chi connectivity index (χ1n) is 7.89. The highest BCUT2D eigenvalue weighted by atomic mass is 32.1. The third-order valence-corrected chi connectivity index (χ3v) is 3.91. The average Bonchev–Trinajstić information content (AvgIpc) is 3.13. The lowest BCUT2D eigenvalue weighted by molar-refractivity contribution is -0.120. The number of primary amides is 1. The van der Waals surface area contributed by atoms with Gasteiger partial charge in [-0.25, -0.2) is 4.79 Å². The Morgan fingerprint density at radius 1 is 1.18 bits per heavy atom. The lowest BCUT2D eigenvalue weighted by atomic mass is 10.1. The fourth-order valence-electron chi connectivity index (χ4n) is 2.08. The summed E-state index contributed by atoms with van der Waals surface area (Å²) in [6, 6.07) is 2.76. The maximum atomic E-state index is 12.6. The molecule has 0 atom stereocenters. The standard InChI is InChI=1S/C16H18N4O7S/c1-4-26-16(23)12-15(28-20-19-12)18-14(22)8-5-9(24-2)13(10(6-8)25-3)27-7-11(17)21/h5-6H,4,7H2,1-3H3,(H2,17,21)(H,18,22). The van der Waals surface area contributed by atoms with Crippen molar-refractivity contribution in [3.05, 3.63) is 23.4 Å². The quantitative estimate of drug-likeness (QED) is 0.573. The fourth-order valence-corrected chi connectivity index (χ4v) is 2.63. The molecule has 1 aromatic heterocycles. The Labute approximate surface area is 163 Å². The normalized spacial score (nSPS) is 10.1. The summed E-state index contributed by atoms with van der Waals surface area (Å²) in [4.78, 5) is 35.4. The van der Waals surface area contributed by atoms with Gasteiger partial charge in [0, 0.05) is 17.1 Å². The Balaban J connectivity index is 2.30. The van der Waals surface area contributed by atoms with Crippen molar-refractivity contribution >= 4 is 34.3 Å². The van der Waals surface area contributed by atoms with Gasteiger partial charge in [0.05, 0.1) is 20.8 Å². The number of nitrogens with one attached hydrogen (secondary N) is 1. The molecule has 3 N–H and O–H groups in total. The second kappa shape index (κ2) is 9.50. The van der Waals surface area contributed by atoms with Gasteiger partial charge in [0.25, 0.3) is 11.8 Å². The first kappa shape index (κ1) is 20.9. The Morgan fingerprint density at radius 3 is 2.36 bits per heavy atom. The fraction of sp³-hybridized carbons (Fsp3) is 0.312. The summed E-state index contributed by atoms with van der Waals surface area (Å²) in [7, 11) is 2.72. The van der Waals surface area contributed by atoms with Crippen molar-refractivity contribution in [2.45, 2.75) is 6.92 Å². The Bertz CT molecular complexity index is 859. The zero-order chi connectivity index (χ0) is 20.7. The number of ether oxygens (including phenoxy) is 4. The number of hydrogen-bond donors (Lipinski definition) is 2. The van der Waals surface area contributed by atoms with Gasteiger partial charge in [-0.05, 0) is 19.1 Å². The summed E-state index contributed by atoms with van der Waals surface area (Å²) in [6.45, 7) is 1.41. The van der Waals surface area contributed by atoms with Crippen molar-refractivity contribution < 1.29 is 33.3 Å². The lowest BCUT2D eigenvalue weighted by Gasteiger charge is -2.15. The molecule has 2 aromatic rings. The summed E-state index contributed by atoms with van der Waals surface area (Å²) < 4.78 is 24.2. The molecular formula is C16H18N4O7S. The number of anilines is 1. The van der Waals surface area contributed by atoms with Crippen molar-refractivity contribution in [3.8, 4) is 17.2 Å². The van der Waals surface area contributed by atoms with Crippen molar-refractivity contribution in [1.29, 1.82) is 0 Å². The molecule has 28 heavy (non-hydrogen) atoms. The van der Waals surface area contributed by atoms with Crippen LogP contribution in [0, 0.1) is 0 Å². The maximum absolute atomic E-state index is 12.6. The minimum absolute atomic E-state index is 0.0967. The maximum Gasteiger partial charge on any atom is 0.362 e. The lowest BCUT2D eigenvalue weighted by Crippen LogP contribution is -2.20. The number of hydrogen-bond acceptors (Lipinski definition) is 10. The molecule has 0 unspecified atom stereocenters. The van der Waals surface area contributed by atoms with E-state index >= 15 is 0 Å². The molecule has 1 aromatic carbocycles. The second-order valence-electron chi connectivity index (χ2n) is 5.09. The minimum Gasteiger partial charge on any atom is -0.493 e. The molecule has 11 nitrogen and oxygen atoms in total. The van der Waals surface area contributed by atoms with Gasteiger partial charge in [-0.3, -0.25) is 9.59 Å². The van der Waals surface area contributed by atoms with E-state index in [-0.39, 0.29) is 40.1 Å². The van der Waals surface area contributed by atoms with Crippen LogP contribution in [0.5, 0.6) is 17.2 Å². The van der Waals surface area contributed by atoms with Crippen LogP contribution < -0.4 is 25.3 Å². The van der Waals surface area contributed by atoms with Gasteiger partial charge in [0.15, 0.2) is 23.1 Å². The topological polar surface area (TPSA) is 152 Å². The smallest absolute Gasteiger partial charge is 0.362 e. The summed E-state index contributed by atoms with van der Waals surface area (Å²) in [6.07, 6.45) is 0. The van der Waals surface area contributed by atoms with E-state index in [1.165, 1.54) is 26.4 Å². The first-order chi connectivity index (χ1) is 13.4. The molecule has 1 heterocycles. The van der Waals surface area contributed by atoms with E-state index in [4.69, 9.17) is 24.7 Å². The number of benzene rings is 1. The molecule has 0 aliphatic heterocycles.